The second kappa shape index (κ2) is 11.1. The van der Waals surface area contributed by atoms with Gasteiger partial charge >= 0.3 is 6.18 Å². The first-order valence-electron chi connectivity index (χ1n) is 11.5. The summed E-state index contributed by atoms with van der Waals surface area (Å²) in [5.41, 5.74) is 5.26. The minimum Gasteiger partial charge on any atom is -0.349 e. The van der Waals surface area contributed by atoms with Gasteiger partial charge in [-0.2, -0.15) is 13.2 Å². The van der Waals surface area contributed by atoms with Gasteiger partial charge in [0.2, 0.25) is 11.7 Å². The van der Waals surface area contributed by atoms with Crippen molar-refractivity contribution in [2.24, 2.45) is 5.73 Å². The van der Waals surface area contributed by atoms with Crippen molar-refractivity contribution >= 4 is 11.8 Å². The number of nitrogens with one attached hydrogen (secondary N) is 1. The molecule has 0 fully saturated rings. The highest BCUT2D eigenvalue weighted by atomic mass is 19.4. The van der Waals surface area contributed by atoms with E-state index in [9.17, 15) is 35.9 Å². The summed E-state index contributed by atoms with van der Waals surface area (Å²) in [6, 6.07) is -0.884. The number of amides is 2. The molecule has 2 atom stereocenters. The van der Waals surface area contributed by atoms with Crippen molar-refractivity contribution in [3.8, 4) is 0 Å². The third kappa shape index (κ3) is 6.42. The van der Waals surface area contributed by atoms with Crippen molar-refractivity contribution in [2.75, 3.05) is 33.7 Å². The molecule has 14 heteroatoms. The van der Waals surface area contributed by atoms with Gasteiger partial charge in [-0.15, -0.1) is 0 Å². The van der Waals surface area contributed by atoms with E-state index in [2.05, 4.69) is 10.3 Å². The van der Waals surface area contributed by atoms with Gasteiger partial charge in [0.25, 0.3) is 5.91 Å². The van der Waals surface area contributed by atoms with Gasteiger partial charge < -0.3 is 25.4 Å². The van der Waals surface area contributed by atoms with Crippen LogP contribution >= 0.6 is 0 Å². The van der Waals surface area contributed by atoms with Crippen LogP contribution in [0, 0.1) is 17.5 Å². The molecule has 1 aromatic carbocycles. The molecule has 1 unspecified atom stereocenters. The number of nitrogens with two attached hydrogens (primary N) is 1. The van der Waals surface area contributed by atoms with Crippen LogP contribution in [-0.4, -0.2) is 70.9 Å². The van der Waals surface area contributed by atoms with Crippen molar-refractivity contribution in [1.29, 1.82) is 0 Å². The third-order valence-electron chi connectivity index (χ3n) is 6.08. The maximum atomic E-state index is 14.0. The molecule has 37 heavy (non-hydrogen) atoms. The number of halogens is 6. The van der Waals surface area contributed by atoms with Crippen LogP contribution in [-0.2, 0) is 23.9 Å². The maximum Gasteiger partial charge on any atom is 0.449 e. The first-order valence-corrected chi connectivity index (χ1v) is 11.5. The molecule has 3 N–H and O–H groups in total. The number of hydrogen-bond acceptors (Lipinski definition) is 5. The first kappa shape index (κ1) is 28.4. The van der Waals surface area contributed by atoms with E-state index >= 15 is 0 Å². The number of nitrogens with zero attached hydrogens (tertiary/aromatic N) is 4. The lowest BCUT2D eigenvalue weighted by Gasteiger charge is -2.36. The Morgan fingerprint density at radius 3 is 2.43 bits per heavy atom. The van der Waals surface area contributed by atoms with E-state index in [1.165, 1.54) is 11.8 Å². The molecule has 3 rings (SSSR count). The second-order valence-corrected chi connectivity index (χ2v) is 9.17. The Bertz CT molecular complexity index is 1170. The number of benzene rings is 1. The fourth-order valence-electron chi connectivity index (χ4n) is 4.28. The number of fused-ring (bicyclic) bond motifs is 1. The highest BCUT2D eigenvalue weighted by molar-refractivity contribution is 5.94. The minimum atomic E-state index is -4.82. The van der Waals surface area contributed by atoms with Crippen molar-refractivity contribution in [3.05, 3.63) is 52.4 Å². The van der Waals surface area contributed by atoms with Crippen LogP contribution in [0.3, 0.4) is 0 Å². The zero-order chi connectivity index (χ0) is 27.7. The third-order valence-corrected chi connectivity index (χ3v) is 6.08. The Balaban J connectivity index is 1.80. The zero-order valence-electron chi connectivity index (χ0n) is 20.5. The lowest BCUT2D eigenvalue weighted by Crippen LogP contribution is -2.44. The summed E-state index contributed by atoms with van der Waals surface area (Å²) >= 11 is 0. The summed E-state index contributed by atoms with van der Waals surface area (Å²) in [7, 11) is 3.53. The van der Waals surface area contributed by atoms with E-state index in [1.54, 1.807) is 19.0 Å². The van der Waals surface area contributed by atoms with Gasteiger partial charge in [-0.25, -0.2) is 18.2 Å². The van der Waals surface area contributed by atoms with Gasteiger partial charge in [0.05, 0.1) is 11.7 Å². The number of rotatable bonds is 8. The van der Waals surface area contributed by atoms with Crippen LogP contribution in [0.15, 0.2) is 12.1 Å². The molecule has 204 valence electrons. The molecule has 0 aliphatic carbocycles. The molecule has 2 heterocycles. The zero-order valence-corrected chi connectivity index (χ0v) is 20.5. The molecule has 8 nitrogen and oxygen atoms in total. The van der Waals surface area contributed by atoms with Crippen LogP contribution in [0.1, 0.15) is 47.0 Å². The molecule has 2 aromatic rings. The van der Waals surface area contributed by atoms with E-state index in [1.807, 2.05) is 0 Å². The molecule has 1 aliphatic rings. The van der Waals surface area contributed by atoms with Gasteiger partial charge in [0, 0.05) is 44.7 Å². The molecule has 1 aliphatic heterocycles. The fraction of sp³-hybridized carbons (Fsp3) is 0.522. The smallest absolute Gasteiger partial charge is 0.349 e. The quantitative estimate of drug-likeness (QED) is 0.401. The predicted molar refractivity (Wildman–Crippen MR) is 121 cm³/mol. The molecule has 0 saturated carbocycles. The van der Waals surface area contributed by atoms with Crippen LogP contribution < -0.4 is 11.1 Å². The summed E-state index contributed by atoms with van der Waals surface area (Å²) in [6.45, 7) is 1.73. The van der Waals surface area contributed by atoms with Gasteiger partial charge in [-0.3, -0.25) is 9.59 Å². The van der Waals surface area contributed by atoms with E-state index in [0.717, 1.165) is 4.57 Å². The lowest BCUT2D eigenvalue weighted by molar-refractivity contribution is -0.148. The Labute approximate surface area is 209 Å². The van der Waals surface area contributed by atoms with Crippen LogP contribution in [0.2, 0.25) is 0 Å². The van der Waals surface area contributed by atoms with Crippen molar-refractivity contribution in [1.82, 2.24) is 24.7 Å². The summed E-state index contributed by atoms with van der Waals surface area (Å²) in [5, 5.41) is 2.54. The van der Waals surface area contributed by atoms with Crippen LogP contribution in [0.4, 0.5) is 26.3 Å². The van der Waals surface area contributed by atoms with Crippen molar-refractivity contribution in [2.45, 2.75) is 44.6 Å². The Morgan fingerprint density at radius 2 is 1.81 bits per heavy atom. The molecule has 0 radical (unpaired) electrons. The van der Waals surface area contributed by atoms with Crippen LogP contribution in [0.25, 0.3) is 0 Å². The summed E-state index contributed by atoms with van der Waals surface area (Å²) < 4.78 is 82.5. The van der Waals surface area contributed by atoms with Gasteiger partial charge in [-0.1, -0.05) is 0 Å². The predicted octanol–water partition coefficient (Wildman–Crippen LogP) is 2.47. The monoisotopic (exact) mass is 534 g/mol. The number of carbonyl (C=O) groups is 2. The number of likely N-dealkylation sites (N-methyl/N-ethyl adjacent to an activating group) is 1. The molecule has 0 spiro atoms. The van der Waals surface area contributed by atoms with Gasteiger partial charge in [0.15, 0.2) is 17.3 Å². The highest BCUT2D eigenvalue weighted by Crippen LogP contribution is 2.36. The van der Waals surface area contributed by atoms with Gasteiger partial charge in [0.1, 0.15) is 5.82 Å². The number of carbonyl (C=O) groups excluding carboxylic acids is 2. The summed E-state index contributed by atoms with van der Waals surface area (Å²) in [5.74, 6) is -6.21. The highest BCUT2D eigenvalue weighted by Gasteiger charge is 2.43. The topological polar surface area (TPSA) is 96.5 Å². The SMILES string of the molecule is CC1c2c(C(=O)NCCN(C)C)nc(C(F)(F)F)n2CCN1C(=O)C[C@H](N)Cc1cc(F)c(F)cc1F. The first-order chi connectivity index (χ1) is 17.2. The lowest BCUT2D eigenvalue weighted by atomic mass is 10.0. The number of alkyl halides is 3. The Morgan fingerprint density at radius 1 is 1.16 bits per heavy atom. The van der Waals surface area contributed by atoms with E-state index < -0.39 is 59.0 Å². The molecule has 0 bridgehead atoms. The Kier molecular flexibility index (Phi) is 8.52. The van der Waals surface area contributed by atoms with E-state index in [0.29, 0.717) is 18.7 Å². The molecular weight excluding hydrogens is 506 g/mol. The summed E-state index contributed by atoms with van der Waals surface area (Å²) in [6.07, 6.45) is -5.43. The van der Waals surface area contributed by atoms with Crippen LogP contribution in [0.5, 0.6) is 0 Å². The molecule has 0 saturated heterocycles. The van der Waals surface area contributed by atoms with Gasteiger partial charge in [-0.05, 0) is 39.1 Å². The van der Waals surface area contributed by atoms with Crippen molar-refractivity contribution in [3.63, 3.8) is 0 Å². The molecule has 1 aromatic heterocycles. The fourth-order valence-corrected chi connectivity index (χ4v) is 4.28. The second-order valence-electron chi connectivity index (χ2n) is 9.17. The van der Waals surface area contributed by atoms with Crippen molar-refractivity contribution < 1.29 is 35.9 Å². The number of imidazole rings is 1. The standard InChI is InChI=1S/C23H28F6N6O2/c1-12-20-19(21(37)31-4-5-33(2)3)32-22(23(27,28)29)35(20)7-6-34(12)18(36)10-14(30)8-13-9-16(25)17(26)11-15(13)24/h9,11-12,14H,4-8,10,30H2,1-3H3,(H,31,37)/t12?,14-/m1/s1. The van der Waals surface area contributed by atoms with E-state index in [4.69, 9.17) is 5.73 Å². The largest absolute Gasteiger partial charge is 0.449 e. The van der Waals surface area contributed by atoms with E-state index in [-0.39, 0.29) is 43.7 Å². The average molecular weight is 535 g/mol. The normalized spacial score (nSPS) is 16.6. The number of aromatic nitrogens is 2. The average Bonchev–Trinajstić information content (AvgIpc) is 3.18. The molecule has 2 amide bonds. The molecular formula is C23H28F6N6O2. The Hall–Kier alpha value is -3.13. The summed E-state index contributed by atoms with van der Waals surface area (Å²) in [4.78, 5) is 32.4. The maximum absolute atomic E-state index is 14.0. The number of hydrogen-bond donors (Lipinski definition) is 2. The minimum absolute atomic E-state index is 0.0606.